The number of sulfonamides is 1. The molecule has 0 unspecified atom stereocenters. The van der Waals surface area contributed by atoms with Crippen molar-refractivity contribution in [3.05, 3.63) is 59.2 Å². The molecule has 1 aliphatic rings. The number of nitrogens with one attached hydrogen (secondary N) is 1. The van der Waals surface area contributed by atoms with Crippen molar-refractivity contribution in [1.29, 1.82) is 0 Å². The van der Waals surface area contributed by atoms with Crippen LogP contribution in [-0.2, 0) is 10.0 Å². The van der Waals surface area contributed by atoms with E-state index in [4.69, 9.17) is 0 Å². The molecule has 2 aromatic carbocycles. The lowest BCUT2D eigenvalue weighted by Gasteiger charge is -2.26. The summed E-state index contributed by atoms with van der Waals surface area (Å²) >= 11 is 0. The summed E-state index contributed by atoms with van der Waals surface area (Å²) in [5.74, 6) is -6.81. The highest BCUT2D eigenvalue weighted by atomic mass is 32.2. The molecule has 1 N–H and O–H groups in total. The summed E-state index contributed by atoms with van der Waals surface area (Å²) < 4.78 is 80.7. The molecular formula is C18H16F4N2O3S. The molecule has 1 heterocycles. The predicted molar refractivity (Wildman–Crippen MR) is 93.3 cm³/mol. The highest BCUT2D eigenvalue weighted by Crippen LogP contribution is 2.25. The Labute approximate surface area is 159 Å². The standard InChI is InChI=1S/C18H16F4N2O3S/c19-12-5-4-11(10-15(12)28(26,27)24-8-2-1-3-9-24)18(25)23-14-7-6-13(20)16(21)17(14)22/h4-7,10H,1-3,8-9H2,(H,23,25). The van der Waals surface area contributed by atoms with Gasteiger partial charge in [-0.05, 0) is 43.2 Å². The van der Waals surface area contributed by atoms with Crippen LogP contribution in [0.25, 0.3) is 0 Å². The second-order valence-corrected chi connectivity index (χ2v) is 8.19. The van der Waals surface area contributed by atoms with E-state index in [0.29, 0.717) is 18.9 Å². The number of halogens is 4. The number of piperidine rings is 1. The van der Waals surface area contributed by atoms with Crippen molar-refractivity contribution in [3.63, 3.8) is 0 Å². The van der Waals surface area contributed by atoms with Gasteiger partial charge in [-0.3, -0.25) is 4.79 Å². The Hall–Kier alpha value is -2.46. The molecule has 0 bridgehead atoms. The predicted octanol–water partition coefficient (Wildman–Crippen LogP) is 3.67. The van der Waals surface area contributed by atoms with Crippen molar-refractivity contribution in [2.24, 2.45) is 0 Å². The van der Waals surface area contributed by atoms with E-state index in [-0.39, 0.29) is 18.7 Å². The third-order valence-corrected chi connectivity index (χ3v) is 6.32. The van der Waals surface area contributed by atoms with Crippen molar-refractivity contribution in [1.82, 2.24) is 4.31 Å². The van der Waals surface area contributed by atoms with Crippen molar-refractivity contribution in [2.45, 2.75) is 24.2 Å². The van der Waals surface area contributed by atoms with Gasteiger partial charge in [0.05, 0.1) is 5.69 Å². The number of benzene rings is 2. The molecule has 150 valence electrons. The molecule has 1 saturated heterocycles. The molecule has 0 spiro atoms. The van der Waals surface area contributed by atoms with E-state index >= 15 is 0 Å². The molecule has 0 saturated carbocycles. The van der Waals surface area contributed by atoms with Gasteiger partial charge in [-0.1, -0.05) is 6.42 Å². The van der Waals surface area contributed by atoms with Crippen LogP contribution in [0.15, 0.2) is 35.2 Å². The van der Waals surface area contributed by atoms with Gasteiger partial charge in [-0.25, -0.2) is 26.0 Å². The number of hydrogen-bond acceptors (Lipinski definition) is 3. The first-order chi connectivity index (χ1) is 13.2. The molecule has 0 aliphatic carbocycles. The Morgan fingerprint density at radius 1 is 0.893 bits per heavy atom. The zero-order valence-corrected chi connectivity index (χ0v) is 15.3. The van der Waals surface area contributed by atoms with Crippen LogP contribution in [0.1, 0.15) is 29.6 Å². The lowest BCUT2D eigenvalue weighted by Crippen LogP contribution is -2.36. The minimum atomic E-state index is -4.15. The molecule has 10 heteroatoms. The van der Waals surface area contributed by atoms with E-state index in [1.165, 1.54) is 0 Å². The van der Waals surface area contributed by atoms with Gasteiger partial charge in [0, 0.05) is 18.7 Å². The van der Waals surface area contributed by atoms with Crippen LogP contribution in [-0.4, -0.2) is 31.7 Å². The Morgan fingerprint density at radius 3 is 2.21 bits per heavy atom. The van der Waals surface area contributed by atoms with Crippen molar-refractivity contribution < 1.29 is 30.8 Å². The summed E-state index contributed by atoms with van der Waals surface area (Å²) in [5.41, 5.74) is -0.908. The summed E-state index contributed by atoms with van der Waals surface area (Å²) in [6.45, 7) is 0.497. The van der Waals surface area contributed by atoms with Crippen LogP contribution in [0, 0.1) is 23.3 Å². The molecule has 1 aliphatic heterocycles. The first-order valence-electron chi connectivity index (χ1n) is 8.46. The molecule has 0 aromatic heterocycles. The number of anilines is 1. The maximum Gasteiger partial charge on any atom is 0.255 e. The Kier molecular flexibility index (Phi) is 5.71. The summed E-state index contributed by atoms with van der Waals surface area (Å²) in [7, 11) is -4.15. The monoisotopic (exact) mass is 416 g/mol. The van der Waals surface area contributed by atoms with Crippen LogP contribution in [0.2, 0.25) is 0 Å². The molecule has 2 aromatic rings. The van der Waals surface area contributed by atoms with Gasteiger partial charge in [0.1, 0.15) is 10.7 Å². The highest BCUT2D eigenvalue weighted by molar-refractivity contribution is 7.89. The Morgan fingerprint density at radius 2 is 1.54 bits per heavy atom. The molecule has 1 amide bonds. The average molecular weight is 416 g/mol. The number of rotatable bonds is 4. The van der Waals surface area contributed by atoms with E-state index < -0.39 is 49.8 Å². The van der Waals surface area contributed by atoms with Crippen molar-refractivity contribution >= 4 is 21.6 Å². The SMILES string of the molecule is O=C(Nc1ccc(F)c(F)c1F)c1ccc(F)c(S(=O)(=O)N2CCCCC2)c1. The Bertz CT molecular complexity index is 1020. The lowest BCUT2D eigenvalue weighted by atomic mass is 10.2. The topological polar surface area (TPSA) is 66.5 Å². The molecule has 3 rings (SSSR count). The lowest BCUT2D eigenvalue weighted by molar-refractivity contribution is 0.102. The molecule has 0 atom stereocenters. The number of carbonyl (C=O) groups is 1. The van der Waals surface area contributed by atoms with E-state index in [1.807, 2.05) is 5.32 Å². The van der Waals surface area contributed by atoms with Gasteiger partial charge in [0.15, 0.2) is 17.5 Å². The number of amides is 1. The van der Waals surface area contributed by atoms with Gasteiger partial charge in [-0.2, -0.15) is 4.31 Å². The maximum absolute atomic E-state index is 14.2. The molecule has 0 radical (unpaired) electrons. The minimum absolute atomic E-state index is 0.248. The summed E-state index contributed by atoms with van der Waals surface area (Å²) in [6.07, 6.45) is 2.17. The summed E-state index contributed by atoms with van der Waals surface area (Å²) in [4.78, 5) is 11.6. The van der Waals surface area contributed by atoms with E-state index in [9.17, 15) is 30.8 Å². The van der Waals surface area contributed by atoms with Crippen LogP contribution >= 0.6 is 0 Å². The number of hydrogen-bond donors (Lipinski definition) is 1. The third kappa shape index (κ3) is 3.88. The quantitative estimate of drug-likeness (QED) is 0.611. The number of nitrogens with zero attached hydrogens (tertiary/aromatic N) is 1. The summed E-state index contributed by atoms with van der Waals surface area (Å²) in [5, 5.41) is 2.02. The maximum atomic E-state index is 14.2. The number of carbonyl (C=O) groups excluding carboxylic acids is 1. The second kappa shape index (κ2) is 7.88. The molecule has 28 heavy (non-hydrogen) atoms. The molecule has 5 nitrogen and oxygen atoms in total. The zero-order chi connectivity index (χ0) is 20.5. The second-order valence-electron chi connectivity index (χ2n) is 6.29. The van der Waals surface area contributed by atoms with Crippen molar-refractivity contribution in [2.75, 3.05) is 18.4 Å². The third-order valence-electron chi connectivity index (χ3n) is 4.41. The van der Waals surface area contributed by atoms with E-state index in [0.717, 1.165) is 35.0 Å². The Balaban J connectivity index is 1.91. The fraction of sp³-hybridized carbons (Fsp3) is 0.278. The largest absolute Gasteiger partial charge is 0.319 e. The highest BCUT2D eigenvalue weighted by Gasteiger charge is 2.29. The fourth-order valence-electron chi connectivity index (χ4n) is 2.90. The van der Waals surface area contributed by atoms with Gasteiger partial charge < -0.3 is 5.32 Å². The molecule has 1 fully saturated rings. The normalized spacial score (nSPS) is 15.4. The van der Waals surface area contributed by atoms with Gasteiger partial charge in [0.25, 0.3) is 5.91 Å². The van der Waals surface area contributed by atoms with Crippen LogP contribution in [0.5, 0.6) is 0 Å². The smallest absolute Gasteiger partial charge is 0.255 e. The average Bonchev–Trinajstić information content (AvgIpc) is 2.69. The first kappa shape index (κ1) is 20.3. The zero-order valence-electron chi connectivity index (χ0n) is 14.5. The van der Waals surface area contributed by atoms with E-state index in [1.54, 1.807) is 0 Å². The van der Waals surface area contributed by atoms with Crippen LogP contribution < -0.4 is 5.32 Å². The van der Waals surface area contributed by atoms with E-state index in [2.05, 4.69) is 0 Å². The minimum Gasteiger partial charge on any atom is -0.319 e. The van der Waals surface area contributed by atoms with Gasteiger partial charge >= 0.3 is 0 Å². The van der Waals surface area contributed by atoms with Crippen LogP contribution in [0.3, 0.4) is 0 Å². The van der Waals surface area contributed by atoms with Gasteiger partial charge in [-0.15, -0.1) is 0 Å². The van der Waals surface area contributed by atoms with Crippen LogP contribution in [0.4, 0.5) is 23.2 Å². The summed E-state index contributed by atoms with van der Waals surface area (Å²) in [6, 6.07) is 4.11. The van der Waals surface area contributed by atoms with Crippen molar-refractivity contribution in [3.8, 4) is 0 Å². The first-order valence-corrected chi connectivity index (χ1v) is 9.90. The molecular weight excluding hydrogens is 400 g/mol. The van der Waals surface area contributed by atoms with Gasteiger partial charge in [0.2, 0.25) is 10.0 Å². The fourth-order valence-corrected chi connectivity index (χ4v) is 4.51.